The fourth-order valence-corrected chi connectivity index (χ4v) is 2.94. The van der Waals surface area contributed by atoms with Crippen molar-refractivity contribution in [2.24, 2.45) is 5.92 Å². The van der Waals surface area contributed by atoms with Crippen LogP contribution in [0, 0.1) is 16.2 Å². The maximum Gasteiger partial charge on any atom is 0.318 e. The molecular weight excluding hydrogens is 430 g/mol. The highest BCUT2D eigenvalue weighted by Crippen LogP contribution is 2.22. The SMILES string of the molecule is CCCCCC(=O)C(C(=O)OCC)C(/C(C=[N+](C)C)=C/N(C)C)N(C)C.[O-][Cl+3]([O-])([O-])[O-]. The Morgan fingerprint density at radius 1 is 1.03 bits per heavy atom. The monoisotopic (exact) mass is 467 g/mol. The van der Waals surface area contributed by atoms with Crippen LogP contribution < -0.4 is 18.6 Å². The molecule has 0 aliphatic heterocycles. The zero-order valence-electron chi connectivity index (χ0n) is 19.9. The Morgan fingerprint density at radius 2 is 1.55 bits per heavy atom. The lowest BCUT2D eigenvalue weighted by Crippen LogP contribution is -2.68. The molecule has 0 aromatic heterocycles. The Hall–Kier alpha value is -1.56. The second kappa shape index (κ2) is 16.1. The highest BCUT2D eigenvalue weighted by Gasteiger charge is 2.39. The van der Waals surface area contributed by atoms with E-state index < -0.39 is 22.1 Å². The van der Waals surface area contributed by atoms with Gasteiger partial charge in [-0.15, -0.1) is 10.2 Å². The van der Waals surface area contributed by atoms with Crippen molar-refractivity contribution in [3.8, 4) is 0 Å². The van der Waals surface area contributed by atoms with Crippen LogP contribution in [-0.4, -0.2) is 87.3 Å². The lowest BCUT2D eigenvalue weighted by atomic mass is 9.86. The van der Waals surface area contributed by atoms with Crippen LogP contribution in [0.1, 0.15) is 39.5 Å². The van der Waals surface area contributed by atoms with Gasteiger partial charge in [0.1, 0.15) is 25.8 Å². The molecule has 0 aromatic rings. The molecule has 0 heterocycles. The summed E-state index contributed by atoms with van der Waals surface area (Å²) < 4.78 is 41.2. The van der Waals surface area contributed by atoms with Gasteiger partial charge in [-0.2, -0.15) is 0 Å². The smallest absolute Gasteiger partial charge is 0.318 e. The van der Waals surface area contributed by atoms with E-state index in [-0.39, 0.29) is 18.4 Å². The Balaban J connectivity index is 0. The molecule has 0 aliphatic carbocycles. The Kier molecular flexibility index (Phi) is 16.5. The number of hydrogen-bond donors (Lipinski definition) is 0. The summed E-state index contributed by atoms with van der Waals surface area (Å²) in [5.41, 5.74) is 0.895. The molecule has 0 spiro atoms. The predicted octanol–water partition coefficient (Wildman–Crippen LogP) is -2.72. The molecule has 2 atom stereocenters. The van der Waals surface area contributed by atoms with Gasteiger partial charge in [0.05, 0.1) is 12.6 Å². The van der Waals surface area contributed by atoms with Gasteiger partial charge in [0, 0.05) is 32.3 Å². The second-order valence-electron chi connectivity index (χ2n) is 7.62. The molecule has 0 radical (unpaired) electrons. The van der Waals surface area contributed by atoms with Gasteiger partial charge in [-0.25, -0.2) is 23.2 Å². The molecule has 2 unspecified atom stereocenters. The lowest BCUT2D eigenvalue weighted by Gasteiger charge is -2.31. The standard InChI is InChI=1S/C20H38N3O3.ClHO4/c1-9-11-12-13-17(24)18(20(25)26-10-2)19(23(7)8)16(14-21(3)4)15-22(5)6;2-1(3,4)5/h14-15,18-19H,9-13H2,1-8H3;(H,2,3,4,5)/q+1;/p-1. The average molecular weight is 468 g/mol. The Morgan fingerprint density at radius 3 is 1.90 bits per heavy atom. The maximum absolute atomic E-state index is 13.0. The van der Waals surface area contributed by atoms with E-state index in [0.29, 0.717) is 6.42 Å². The van der Waals surface area contributed by atoms with Crippen molar-refractivity contribution in [2.45, 2.75) is 45.6 Å². The fraction of sp³-hybridized carbons (Fsp3) is 0.750. The number of Topliss-reactive ketones (excluding diaryl/α,β-unsaturated/α-hetero) is 1. The number of hydrogen-bond acceptors (Lipinski definition) is 9. The van der Waals surface area contributed by atoms with Crippen LogP contribution in [-0.2, 0) is 14.3 Å². The summed E-state index contributed by atoms with van der Waals surface area (Å²) in [6, 6.07) is -0.382. The summed E-state index contributed by atoms with van der Waals surface area (Å²) in [5.74, 6) is -1.32. The quantitative estimate of drug-likeness (QED) is 0.0981. The van der Waals surface area contributed by atoms with E-state index in [9.17, 15) is 9.59 Å². The second-order valence-corrected chi connectivity index (χ2v) is 8.38. The Bertz CT molecular complexity index is 592. The van der Waals surface area contributed by atoms with E-state index in [4.69, 9.17) is 23.4 Å². The molecule has 11 heteroatoms. The summed E-state index contributed by atoms with van der Waals surface area (Å²) in [6.07, 6.45) is 7.13. The number of unbranched alkanes of at least 4 members (excludes halogenated alkanes) is 2. The summed E-state index contributed by atoms with van der Waals surface area (Å²) in [4.78, 5) is 29.5. The molecule has 0 aromatic carbocycles. The van der Waals surface area contributed by atoms with Gasteiger partial charge in [-0.05, 0) is 27.4 Å². The summed E-state index contributed by atoms with van der Waals surface area (Å²) >= 11 is 0. The molecule has 0 rings (SSSR count). The molecule has 10 nitrogen and oxygen atoms in total. The van der Waals surface area contributed by atoms with Crippen molar-refractivity contribution in [3.63, 3.8) is 0 Å². The molecule has 0 N–H and O–H groups in total. The lowest BCUT2D eigenvalue weighted by molar-refractivity contribution is -2.00. The van der Waals surface area contributed by atoms with E-state index >= 15 is 0 Å². The maximum atomic E-state index is 13.0. The van der Waals surface area contributed by atoms with E-state index in [1.807, 2.05) is 69.1 Å². The van der Waals surface area contributed by atoms with Crippen molar-refractivity contribution >= 4 is 18.0 Å². The first-order chi connectivity index (χ1) is 14.1. The van der Waals surface area contributed by atoms with Crippen molar-refractivity contribution in [1.82, 2.24) is 9.80 Å². The van der Waals surface area contributed by atoms with Crippen LogP contribution in [0.15, 0.2) is 11.8 Å². The summed E-state index contributed by atoms with van der Waals surface area (Å²) in [5, 5.41) is 0. The molecule has 0 bridgehead atoms. The first-order valence-electron chi connectivity index (χ1n) is 10.0. The molecule has 0 amide bonds. The number of ketones is 1. The van der Waals surface area contributed by atoms with Crippen LogP contribution in [0.2, 0.25) is 0 Å². The zero-order chi connectivity index (χ0) is 24.8. The van der Waals surface area contributed by atoms with E-state index in [1.54, 1.807) is 6.92 Å². The topological polar surface area (TPSA) is 145 Å². The molecule has 0 aliphatic rings. The number of carbonyl (C=O) groups is 2. The van der Waals surface area contributed by atoms with Gasteiger partial charge >= 0.3 is 5.97 Å². The number of rotatable bonds is 12. The highest BCUT2D eigenvalue weighted by molar-refractivity contribution is 6.01. The number of likely N-dealkylation sites (N-methyl/N-ethyl adjacent to an activating group) is 1. The fourth-order valence-electron chi connectivity index (χ4n) is 2.94. The number of halogens is 1. The largest absolute Gasteiger partial charge is 0.465 e. The third kappa shape index (κ3) is 16.8. The van der Waals surface area contributed by atoms with Gasteiger partial charge in [-0.1, -0.05) is 19.8 Å². The normalized spacial score (nSPS) is 13.6. The number of ether oxygens (including phenoxy) is 1. The predicted molar refractivity (Wildman–Crippen MR) is 107 cm³/mol. The third-order valence-corrected chi connectivity index (χ3v) is 3.94. The van der Waals surface area contributed by atoms with Crippen LogP contribution in [0.3, 0.4) is 0 Å². The van der Waals surface area contributed by atoms with Gasteiger partial charge in [0.2, 0.25) is 0 Å². The molecule has 31 heavy (non-hydrogen) atoms. The summed E-state index contributed by atoms with van der Waals surface area (Å²) in [7, 11) is 6.56. The Labute approximate surface area is 188 Å². The minimum Gasteiger partial charge on any atom is -0.465 e. The molecular formula is C20H38ClN3O7. The number of nitrogens with zero attached hydrogens (tertiary/aromatic N) is 3. The van der Waals surface area contributed by atoms with Crippen LogP contribution in [0.4, 0.5) is 0 Å². The van der Waals surface area contributed by atoms with Crippen molar-refractivity contribution in [3.05, 3.63) is 11.8 Å². The third-order valence-electron chi connectivity index (χ3n) is 3.94. The first kappa shape index (κ1) is 31.6. The van der Waals surface area contributed by atoms with Crippen LogP contribution >= 0.6 is 0 Å². The van der Waals surface area contributed by atoms with Gasteiger partial charge in [0.25, 0.3) is 0 Å². The summed E-state index contributed by atoms with van der Waals surface area (Å²) in [6.45, 7) is 4.13. The van der Waals surface area contributed by atoms with E-state index in [0.717, 1.165) is 24.8 Å². The first-order valence-corrected chi connectivity index (χ1v) is 11.3. The van der Waals surface area contributed by atoms with Crippen molar-refractivity contribution < 1.29 is 47.8 Å². The van der Waals surface area contributed by atoms with Gasteiger partial charge < -0.3 is 14.5 Å². The van der Waals surface area contributed by atoms with E-state index in [1.165, 1.54) is 0 Å². The number of carbonyl (C=O) groups excluding carboxylic acids is 2. The number of esters is 1. The zero-order valence-corrected chi connectivity index (χ0v) is 20.7. The minimum absolute atomic E-state index is 0.0487. The highest BCUT2D eigenvalue weighted by atomic mass is 35.7. The molecule has 182 valence electrons. The van der Waals surface area contributed by atoms with Crippen molar-refractivity contribution in [2.75, 3.05) is 48.9 Å². The molecule has 0 saturated carbocycles. The average Bonchev–Trinajstić information content (AvgIpc) is 2.56. The minimum atomic E-state index is -4.94. The van der Waals surface area contributed by atoms with E-state index in [2.05, 4.69) is 6.92 Å². The van der Waals surface area contributed by atoms with Gasteiger partial charge in [-0.3, -0.25) is 9.59 Å². The van der Waals surface area contributed by atoms with Gasteiger partial charge in [0.15, 0.2) is 6.21 Å². The molecule has 0 saturated heterocycles. The molecule has 0 fully saturated rings. The van der Waals surface area contributed by atoms with Crippen LogP contribution in [0.5, 0.6) is 0 Å². The van der Waals surface area contributed by atoms with Crippen molar-refractivity contribution in [1.29, 1.82) is 0 Å². The van der Waals surface area contributed by atoms with Crippen LogP contribution in [0.25, 0.3) is 0 Å².